The highest BCUT2D eigenvalue weighted by molar-refractivity contribution is 5.86. The molecular weight excluding hydrogens is 268 g/mol. The second-order valence-electron chi connectivity index (χ2n) is 4.96. The number of carbonyl (C=O) groups is 2. The first-order valence-corrected chi connectivity index (χ1v) is 6.96. The molecule has 5 nitrogen and oxygen atoms in total. The van der Waals surface area contributed by atoms with Gasteiger partial charge in [-0.15, -0.1) is 0 Å². The number of fused-ring (bicyclic) bond motifs is 1. The summed E-state index contributed by atoms with van der Waals surface area (Å²) in [6, 6.07) is 8.73. The van der Waals surface area contributed by atoms with Crippen molar-refractivity contribution in [2.45, 2.75) is 32.2 Å². The molecule has 1 atom stereocenters. The fourth-order valence-corrected chi connectivity index (χ4v) is 2.19. The molecule has 0 radical (unpaired) electrons. The van der Waals surface area contributed by atoms with E-state index in [1.54, 1.807) is 6.20 Å². The van der Waals surface area contributed by atoms with Gasteiger partial charge in [0.15, 0.2) is 0 Å². The molecule has 0 fully saturated rings. The van der Waals surface area contributed by atoms with Gasteiger partial charge >= 0.3 is 5.97 Å². The normalized spacial score (nSPS) is 12.0. The molecule has 5 heteroatoms. The van der Waals surface area contributed by atoms with Crippen LogP contribution in [0.4, 0.5) is 0 Å². The monoisotopic (exact) mass is 286 g/mol. The first-order valence-electron chi connectivity index (χ1n) is 6.96. The number of carbonyl (C=O) groups excluding carboxylic acids is 1. The van der Waals surface area contributed by atoms with Crippen molar-refractivity contribution in [3.05, 3.63) is 42.1 Å². The lowest BCUT2D eigenvalue weighted by atomic mass is 10.1. The Kier molecular flexibility index (Phi) is 4.87. The molecule has 2 aromatic rings. The van der Waals surface area contributed by atoms with Crippen molar-refractivity contribution in [2.75, 3.05) is 0 Å². The quantitative estimate of drug-likeness (QED) is 0.852. The fourth-order valence-electron chi connectivity index (χ4n) is 2.19. The molecular formula is C16H18N2O3. The summed E-state index contributed by atoms with van der Waals surface area (Å²) in [7, 11) is 0. The highest BCUT2D eigenvalue weighted by Gasteiger charge is 2.18. The Morgan fingerprint density at radius 1 is 1.33 bits per heavy atom. The van der Waals surface area contributed by atoms with E-state index >= 15 is 0 Å². The molecule has 21 heavy (non-hydrogen) atoms. The van der Waals surface area contributed by atoms with Crippen molar-refractivity contribution in [1.82, 2.24) is 10.3 Å². The molecule has 1 heterocycles. The molecule has 1 amide bonds. The van der Waals surface area contributed by atoms with E-state index in [1.807, 2.05) is 37.3 Å². The first kappa shape index (κ1) is 15.0. The molecule has 2 N–H and O–H groups in total. The average Bonchev–Trinajstić information content (AvgIpc) is 2.46. The van der Waals surface area contributed by atoms with E-state index in [2.05, 4.69) is 10.3 Å². The zero-order valence-corrected chi connectivity index (χ0v) is 11.9. The zero-order valence-electron chi connectivity index (χ0n) is 11.9. The standard InChI is InChI=1S/C16H18N2O3/c1-2-5-14(16(20)21)18-15(19)9-11-8-12-6-3-4-7-13(12)17-10-11/h3-4,6-8,10,14H,2,5,9H2,1H3,(H,18,19)(H,20,21). The number of aliphatic carboxylic acids is 1. The molecule has 0 aliphatic carbocycles. The second kappa shape index (κ2) is 6.83. The van der Waals surface area contributed by atoms with Gasteiger partial charge < -0.3 is 10.4 Å². The fraction of sp³-hybridized carbons (Fsp3) is 0.312. The largest absolute Gasteiger partial charge is 0.480 e. The molecule has 2 rings (SSSR count). The van der Waals surface area contributed by atoms with Gasteiger partial charge in [-0.05, 0) is 24.1 Å². The predicted molar refractivity (Wildman–Crippen MR) is 79.9 cm³/mol. The summed E-state index contributed by atoms with van der Waals surface area (Å²) in [5.74, 6) is -1.30. The summed E-state index contributed by atoms with van der Waals surface area (Å²) in [5, 5.41) is 12.5. The van der Waals surface area contributed by atoms with E-state index in [9.17, 15) is 9.59 Å². The van der Waals surface area contributed by atoms with Gasteiger partial charge in [-0.25, -0.2) is 4.79 Å². The number of benzene rings is 1. The number of carboxylic acids is 1. The van der Waals surface area contributed by atoms with Gasteiger partial charge in [-0.1, -0.05) is 31.5 Å². The minimum atomic E-state index is -0.998. The number of hydrogen-bond acceptors (Lipinski definition) is 3. The minimum absolute atomic E-state index is 0.130. The van der Waals surface area contributed by atoms with Crippen LogP contribution in [0, 0.1) is 0 Å². The Morgan fingerprint density at radius 3 is 2.81 bits per heavy atom. The van der Waals surface area contributed by atoms with Gasteiger partial charge in [0.25, 0.3) is 0 Å². The third-order valence-corrected chi connectivity index (χ3v) is 3.22. The summed E-state index contributed by atoms with van der Waals surface area (Å²) in [6.07, 6.45) is 2.91. The maximum absolute atomic E-state index is 11.9. The van der Waals surface area contributed by atoms with Crippen molar-refractivity contribution in [3.8, 4) is 0 Å². The van der Waals surface area contributed by atoms with Gasteiger partial charge in [-0.2, -0.15) is 0 Å². The number of para-hydroxylation sites is 1. The SMILES string of the molecule is CCCC(NC(=O)Cc1cnc2ccccc2c1)C(=O)O. The number of rotatable bonds is 6. The molecule has 110 valence electrons. The number of carboxylic acid groups (broad SMARTS) is 1. The molecule has 0 saturated carbocycles. The van der Waals surface area contributed by atoms with Crippen LogP contribution in [0.3, 0.4) is 0 Å². The zero-order chi connectivity index (χ0) is 15.2. The highest BCUT2D eigenvalue weighted by atomic mass is 16.4. The molecule has 0 aliphatic heterocycles. The van der Waals surface area contributed by atoms with Gasteiger partial charge in [-0.3, -0.25) is 9.78 Å². The van der Waals surface area contributed by atoms with Crippen LogP contribution in [-0.4, -0.2) is 28.0 Å². The number of aromatic nitrogens is 1. The summed E-state index contributed by atoms with van der Waals surface area (Å²) >= 11 is 0. The topological polar surface area (TPSA) is 79.3 Å². The molecule has 0 spiro atoms. The number of pyridine rings is 1. The number of nitrogens with zero attached hydrogens (tertiary/aromatic N) is 1. The van der Waals surface area contributed by atoms with E-state index in [-0.39, 0.29) is 12.3 Å². The Balaban J connectivity index is 2.05. The average molecular weight is 286 g/mol. The van der Waals surface area contributed by atoms with E-state index < -0.39 is 12.0 Å². The maximum Gasteiger partial charge on any atom is 0.326 e. The van der Waals surface area contributed by atoms with Crippen molar-refractivity contribution in [3.63, 3.8) is 0 Å². The van der Waals surface area contributed by atoms with Crippen LogP contribution < -0.4 is 5.32 Å². The van der Waals surface area contributed by atoms with Crippen LogP contribution in [-0.2, 0) is 16.0 Å². The molecule has 0 saturated heterocycles. The molecule has 1 aromatic heterocycles. The van der Waals surface area contributed by atoms with Crippen molar-refractivity contribution >= 4 is 22.8 Å². The Morgan fingerprint density at radius 2 is 2.10 bits per heavy atom. The minimum Gasteiger partial charge on any atom is -0.480 e. The lowest BCUT2D eigenvalue weighted by Crippen LogP contribution is -2.41. The van der Waals surface area contributed by atoms with Crippen LogP contribution in [0.2, 0.25) is 0 Å². The molecule has 1 unspecified atom stereocenters. The van der Waals surface area contributed by atoms with Crippen LogP contribution in [0.15, 0.2) is 36.5 Å². The molecule has 0 aliphatic rings. The van der Waals surface area contributed by atoms with E-state index in [0.29, 0.717) is 12.8 Å². The Hall–Kier alpha value is -2.43. The Labute approximate surface area is 123 Å². The van der Waals surface area contributed by atoms with Crippen molar-refractivity contribution < 1.29 is 14.7 Å². The van der Waals surface area contributed by atoms with Crippen LogP contribution in [0.1, 0.15) is 25.3 Å². The van der Waals surface area contributed by atoms with Gasteiger partial charge in [0.05, 0.1) is 11.9 Å². The van der Waals surface area contributed by atoms with Crippen molar-refractivity contribution in [1.29, 1.82) is 0 Å². The molecule has 1 aromatic carbocycles. The summed E-state index contributed by atoms with van der Waals surface area (Å²) < 4.78 is 0. The first-order chi connectivity index (χ1) is 10.1. The van der Waals surface area contributed by atoms with Crippen LogP contribution >= 0.6 is 0 Å². The maximum atomic E-state index is 11.9. The summed E-state index contributed by atoms with van der Waals surface area (Å²) in [5.41, 5.74) is 1.64. The van der Waals surface area contributed by atoms with Crippen LogP contribution in [0.5, 0.6) is 0 Å². The third kappa shape index (κ3) is 4.02. The number of nitrogens with one attached hydrogen (secondary N) is 1. The number of amides is 1. The van der Waals surface area contributed by atoms with E-state index in [4.69, 9.17) is 5.11 Å². The van der Waals surface area contributed by atoms with Gasteiger partial charge in [0, 0.05) is 11.6 Å². The number of hydrogen-bond donors (Lipinski definition) is 2. The summed E-state index contributed by atoms with van der Waals surface area (Å²) in [4.78, 5) is 27.2. The van der Waals surface area contributed by atoms with Gasteiger partial charge in [0.2, 0.25) is 5.91 Å². The predicted octanol–water partition coefficient (Wildman–Crippen LogP) is 2.15. The van der Waals surface area contributed by atoms with E-state index in [1.165, 1.54) is 0 Å². The summed E-state index contributed by atoms with van der Waals surface area (Å²) in [6.45, 7) is 1.88. The van der Waals surface area contributed by atoms with Crippen molar-refractivity contribution in [2.24, 2.45) is 0 Å². The van der Waals surface area contributed by atoms with E-state index in [0.717, 1.165) is 16.5 Å². The smallest absolute Gasteiger partial charge is 0.326 e. The second-order valence-corrected chi connectivity index (χ2v) is 4.96. The Bertz CT molecular complexity index is 655. The third-order valence-electron chi connectivity index (χ3n) is 3.22. The van der Waals surface area contributed by atoms with Crippen LogP contribution in [0.25, 0.3) is 10.9 Å². The lowest BCUT2D eigenvalue weighted by Gasteiger charge is -2.13. The lowest BCUT2D eigenvalue weighted by molar-refractivity contribution is -0.141. The van der Waals surface area contributed by atoms with Gasteiger partial charge in [0.1, 0.15) is 6.04 Å². The highest BCUT2D eigenvalue weighted by Crippen LogP contribution is 2.13. The molecule has 0 bridgehead atoms.